The number of piperidine rings is 1. The minimum Gasteiger partial charge on any atom is -0.379 e. The average molecular weight is 673 g/mol. The van der Waals surface area contributed by atoms with Crippen LogP contribution in [0.25, 0.3) is 16.7 Å². The molecule has 0 bridgehead atoms. The Hall–Kier alpha value is -3.51. The number of pyridine rings is 1. The zero-order valence-electron chi connectivity index (χ0n) is 27.5. The van der Waals surface area contributed by atoms with E-state index in [1.807, 2.05) is 41.1 Å². The lowest BCUT2D eigenvalue weighted by atomic mass is 9.81. The van der Waals surface area contributed by atoms with Gasteiger partial charge in [-0.1, -0.05) is 36.8 Å². The fourth-order valence-corrected chi connectivity index (χ4v) is 7.44. The maximum atomic E-state index is 13.9. The van der Waals surface area contributed by atoms with Crippen molar-refractivity contribution in [3.8, 4) is 5.69 Å². The summed E-state index contributed by atoms with van der Waals surface area (Å²) in [7, 11) is 0. The summed E-state index contributed by atoms with van der Waals surface area (Å²) in [5.41, 5.74) is 4.92. The van der Waals surface area contributed by atoms with Crippen LogP contribution in [0.4, 0.5) is 10.1 Å². The standard InChI is InChI=1S/C37H45FN6O3S/c38-30-9-11-31(12-10-30)44-36-34(35(40-44)29-7-4-8-29)33(43-17-14-27(15-18-43)13-16-42-19-21-46-22-20-42)25-32(39-36)37(45)41-48-24-23-47-26-28-5-2-1-3-6-28/h1-3,5-6,9-12,25,27,29H,4,7-8,13-24,26H2,(H,41,45). The third kappa shape index (κ3) is 7.86. The fourth-order valence-electron chi connectivity index (χ4n) is 6.90. The number of anilines is 1. The molecule has 1 amide bonds. The second-order valence-corrected chi connectivity index (χ2v) is 14.0. The van der Waals surface area contributed by atoms with E-state index in [2.05, 4.69) is 14.5 Å². The molecule has 3 aliphatic rings. The number of hydrogen-bond donors (Lipinski definition) is 1. The Bertz CT molecular complexity index is 1650. The van der Waals surface area contributed by atoms with Crippen LogP contribution in [0, 0.1) is 11.7 Å². The molecule has 2 aromatic heterocycles. The number of nitrogens with one attached hydrogen (secondary N) is 1. The van der Waals surface area contributed by atoms with Crippen molar-refractivity contribution >= 4 is 34.6 Å². The van der Waals surface area contributed by atoms with Gasteiger partial charge in [0.25, 0.3) is 5.91 Å². The highest BCUT2D eigenvalue weighted by molar-refractivity contribution is 7.97. The summed E-state index contributed by atoms with van der Waals surface area (Å²) < 4.78 is 30.1. The second-order valence-electron chi connectivity index (χ2n) is 13.1. The van der Waals surface area contributed by atoms with Crippen molar-refractivity contribution in [2.45, 2.75) is 51.0 Å². The van der Waals surface area contributed by atoms with Gasteiger partial charge in [0, 0.05) is 37.8 Å². The van der Waals surface area contributed by atoms with Crippen LogP contribution in [0.15, 0.2) is 60.7 Å². The summed E-state index contributed by atoms with van der Waals surface area (Å²) in [6.45, 7) is 7.75. The first-order valence-corrected chi connectivity index (χ1v) is 18.4. The van der Waals surface area contributed by atoms with Crippen LogP contribution in [-0.2, 0) is 16.1 Å². The predicted octanol–water partition coefficient (Wildman–Crippen LogP) is 6.36. The molecule has 2 aliphatic heterocycles. The molecule has 0 atom stereocenters. The van der Waals surface area contributed by atoms with Gasteiger partial charge in [-0.15, -0.1) is 0 Å². The minimum absolute atomic E-state index is 0.247. The summed E-state index contributed by atoms with van der Waals surface area (Å²) in [6.07, 6.45) is 6.78. The van der Waals surface area contributed by atoms with E-state index in [-0.39, 0.29) is 11.7 Å². The summed E-state index contributed by atoms with van der Waals surface area (Å²) in [4.78, 5) is 23.5. The molecule has 3 fully saturated rings. The number of nitrogens with zero attached hydrogens (tertiary/aromatic N) is 5. The van der Waals surface area contributed by atoms with Gasteiger partial charge in [0.05, 0.1) is 48.9 Å². The first kappa shape index (κ1) is 33.0. The van der Waals surface area contributed by atoms with Crippen LogP contribution in [0.5, 0.6) is 0 Å². The van der Waals surface area contributed by atoms with E-state index in [0.29, 0.717) is 42.1 Å². The quantitative estimate of drug-likeness (QED) is 0.130. The molecule has 0 radical (unpaired) electrons. The highest BCUT2D eigenvalue weighted by Gasteiger charge is 2.31. The van der Waals surface area contributed by atoms with E-state index in [9.17, 15) is 9.18 Å². The first-order chi connectivity index (χ1) is 23.6. The molecule has 4 heterocycles. The Morgan fingerprint density at radius 3 is 2.50 bits per heavy atom. The van der Waals surface area contributed by atoms with Gasteiger partial charge < -0.3 is 14.4 Å². The summed E-state index contributed by atoms with van der Waals surface area (Å²) in [5, 5.41) is 6.14. The molecule has 1 aliphatic carbocycles. The molecule has 9 nitrogen and oxygen atoms in total. The van der Waals surface area contributed by atoms with Crippen molar-refractivity contribution in [3.63, 3.8) is 0 Å². The number of halogens is 1. The number of morpholine rings is 1. The molecule has 0 unspecified atom stereocenters. The predicted molar refractivity (Wildman–Crippen MR) is 188 cm³/mol. The highest BCUT2D eigenvalue weighted by Crippen LogP contribution is 2.43. The molecule has 1 N–H and O–H groups in total. The van der Waals surface area contributed by atoms with Crippen molar-refractivity contribution in [3.05, 3.63) is 83.4 Å². The van der Waals surface area contributed by atoms with Crippen molar-refractivity contribution in [2.75, 3.05) is 63.2 Å². The van der Waals surface area contributed by atoms with Crippen molar-refractivity contribution in [2.24, 2.45) is 5.92 Å². The van der Waals surface area contributed by atoms with E-state index in [1.165, 1.54) is 36.9 Å². The van der Waals surface area contributed by atoms with Crippen LogP contribution in [-0.4, -0.2) is 83.9 Å². The Labute approximate surface area is 286 Å². The first-order valence-electron chi connectivity index (χ1n) is 17.4. The molecule has 48 heavy (non-hydrogen) atoms. The SMILES string of the molecule is O=C(NSCCOCc1ccccc1)c1cc(N2CCC(CCN3CCOCC3)CC2)c2c(C3CCC3)nn(-c3ccc(F)cc3)c2n1. The lowest BCUT2D eigenvalue weighted by molar-refractivity contribution is 0.0349. The third-order valence-corrected chi connectivity index (χ3v) is 10.7. The topological polar surface area (TPSA) is 84.8 Å². The minimum atomic E-state index is -0.301. The molecular formula is C37H45FN6O3S. The van der Waals surface area contributed by atoms with Crippen molar-refractivity contribution in [1.82, 2.24) is 24.4 Å². The van der Waals surface area contributed by atoms with Gasteiger partial charge in [-0.3, -0.25) is 14.4 Å². The molecule has 2 saturated heterocycles. The smallest absolute Gasteiger partial charge is 0.279 e. The van der Waals surface area contributed by atoms with Crippen LogP contribution in [0.1, 0.15) is 66.2 Å². The monoisotopic (exact) mass is 672 g/mol. The Balaban J connectivity index is 1.11. The number of fused-ring (bicyclic) bond motifs is 1. The van der Waals surface area contributed by atoms with Crippen LogP contribution >= 0.6 is 11.9 Å². The summed E-state index contributed by atoms with van der Waals surface area (Å²) in [6, 6.07) is 18.4. The Morgan fingerprint density at radius 2 is 1.77 bits per heavy atom. The number of carbonyl (C=O) groups excluding carboxylic acids is 1. The van der Waals surface area contributed by atoms with Gasteiger partial charge in [-0.05, 0) is 92.4 Å². The molecule has 0 spiro atoms. The summed E-state index contributed by atoms with van der Waals surface area (Å²) in [5.74, 6) is 1.10. The van der Waals surface area contributed by atoms with E-state index in [4.69, 9.17) is 19.6 Å². The molecule has 7 rings (SSSR count). The Kier molecular flexibility index (Phi) is 10.9. The second kappa shape index (κ2) is 15.8. The van der Waals surface area contributed by atoms with E-state index in [1.54, 1.807) is 12.1 Å². The molecule has 4 aromatic rings. The van der Waals surface area contributed by atoms with Gasteiger partial charge in [0.2, 0.25) is 0 Å². The highest BCUT2D eigenvalue weighted by atomic mass is 32.2. The van der Waals surface area contributed by atoms with Crippen LogP contribution < -0.4 is 9.62 Å². The number of aromatic nitrogens is 3. The van der Waals surface area contributed by atoms with E-state index in [0.717, 1.165) is 99.6 Å². The van der Waals surface area contributed by atoms with Crippen LogP contribution in [0.3, 0.4) is 0 Å². The lowest BCUT2D eigenvalue weighted by Crippen LogP contribution is -2.39. The number of ether oxygens (including phenoxy) is 2. The van der Waals surface area contributed by atoms with Crippen molar-refractivity contribution < 1.29 is 18.7 Å². The summed E-state index contributed by atoms with van der Waals surface area (Å²) >= 11 is 1.33. The number of benzene rings is 2. The maximum Gasteiger partial charge on any atom is 0.279 e. The van der Waals surface area contributed by atoms with Gasteiger partial charge in [0.1, 0.15) is 11.5 Å². The molecular weight excluding hydrogens is 628 g/mol. The molecule has 2 aromatic carbocycles. The lowest BCUT2D eigenvalue weighted by Gasteiger charge is -2.36. The third-order valence-electron chi connectivity index (χ3n) is 9.96. The normalized spacial score (nSPS) is 17.9. The maximum absolute atomic E-state index is 13.9. The average Bonchev–Trinajstić information content (AvgIpc) is 3.48. The van der Waals surface area contributed by atoms with Gasteiger partial charge in [-0.2, -0.15) is 5.10 Å². The molecule has 1 saturated carbocycles. The van der Waals surface area contributed by atoms with Crippen LogP contribution in [0.2, 0.25) is 0 Å². The number of amides is 1. The molecule has 11 heteroatoms. The van der Waals surface area contributed by atoms with Crippen molar-refractivity contribution in [1.29, 1.82) is 0 Å². The number of hydrogen-bond acceptors (Lipinski definition) is 8. The molecule has 254 valence electrons. The number of carbonyl (C=O) groups is 1. The van der Waals surface area contributed by atoms with E-state index >= 15 is 0 Å². The number of rotatable bonds is 13. The van der Waals surface area contributed by atoms with Gasteiger partial charge in [0.15, 0.2) is 5.65 Å². The zero-order valence-corrected chi connectivity index (χ0v) is 28.3. The van der Waals surface area contributed by atoms with Gasteiger partial charge >= 0.3 is 0 Å². The van der Waals surface area contributed by atoms with Gasteiger partial charge in [-0.25, -0.2) is 14.1 Å². The van der Waals surface area contributed by atoms with E-state index < -0.39 is 0 Å². The zero-order chi connectivity index (χ0) is 32.7. The Morgan fingerprint density at radius 1 is 1.00 bits per heavy atom. The fraction of sp³-hybridized carbons (Fsp3) is 0.486. The largest absolute Gasteiger partial charge is 0.379 e.